The Bertz CT molecular complexity index is 483. The zero-order chi connectivity index (χ0) is 23.9. The Balaban J connectivity index is 5.03. The number of hydrogen-bond donors (Lipinski definition) is 1. The summed E-state index contributed by atoms with van der Waals surface area (Å²) in [6, 6.07) is 0. The monoisotopic (exact) mass is 464 g/mol. The van der Waals surface area contributed by atoms with E-state index >= 15 is 0 Å². The molecule has 0 aromatic rings. The van der Waals surface area contributed by atoms with Crippen molar-refractivity contribution in [1.82, 2.24) is 0 Å². The molecule has 0 aromatic carbocycles. The molecular weight excluding hydrogens is 412 g/mol. The fourth-order valence-corrected chi connectivity index (χ4v) is 5.61. The molecule has 0 saturated carbocycles. The molecule has 0 heterocycles. The third-order valence-corrected chi connectivity index (χ3v) is 16.2. The van der Waals surface area contributed by atoms with Crippen molar-refractivity contribution < 1.29 is 23.4 Å². The normalized spacial score (nSPS) is 17.1. The lowest BCUT2D eigenvalue weighted by atomic mass is 9.91. The second-order valence-corrected chi connectivity index (χ2v) is 21.4. The molecule has 1 N–H and O–H groups in total. The quantitative estimate of drug-likeness (QED) is 0.185. The van der Waals surface area contributed by atoms with Crippen molar-refractivity contribution in [1.29, 1.82) is 0 Å². The van der Waals surface area contributed by atoms with Crippen molar-refractivity contribution in [2.24, 2.45) is 0 Å². The summed E-state index contributed by atoms with van der Waals surface area (Å²) in [5, 5.41) is 11.5. The van der Waals surface area contributed by atoms with Gasteiger partial charge in [0.1, 0.15) is 6.79 Å². The summed E-state index contributed by atoms with van der Waals surface area (Å²) in [4.78, 5) is 0. The predicted octanol–water partition coefficient (Wildman–Crippen LogP) is 6.33. The number of hydrogen-bond acceptors (Lipinski definition) is 5. The van der Waals surface area contributed by atoms with Crippen LogP contribution in [0.4, 0.5) is 0 Å². The number of aliphatic hydroxyl groups excluding tert-OH is 1. The second kappa shape index (κ2) is 11.9. The molecule has 0 bridgehead atoms. The zero-order valence-corrected chi connectivity index (χ0v) is 24.1. The molecular formula is C23H52O5Si2. The van der Waals surface area contributed by atoms with Crippen molar-refractivity contribution in [2.45, 2.75) is 122 Å². The van der Waals surface area contributed by atoms with Gasteiger partial charge >= 0.3 is 0 Å². The first-order chi connectivity index (χ1) is 13.4. The number of rotatable bonds is 14. The average molecular weight is 465 g/mol. The smallest absolute Gasteiger partial charge is 0.192 e. The lowest BCUT2D eigenvalue weighted by Gasteiger charge is -2.46. The van der Waals surface area contributed by atoms with Gasteiger partial charge in [-0.2, -0.15) is 0 Å². The molecule has 0 unspecified atom stereocenters. The van der Waals surface area contributed by atoms with E-state index in [4.69, 9.17) is 18.3 Å². The Kier molecular flexibility index (Phi) is 12.0. The van der Waals surface area contributed by atoms with Crippen LogP contribution < -0.4 is 0 Å². The molecule has 0 spiro atoms. The van der Waals surface area contributed by atoms with Gasteiger partial charge in [-0.25, -0.2) is 0 Å². The molecule has 0 amide bonds. The standard InChI is InChI=1S/C23H52O5Si2/c1-21(2,3)29(9,10)27-18-13-15-20(24)23(7,16-14-17-26-19-25-8)28-30(11,12)22(4,5)6/h20,24H,13-19H2,1-12H3/t20-,23+/m1/s1. The summed E-state index contributed by atoms with van der Waals surface area (Å²) in [7, 11) is -2.16. The molecule has 7 heteroatoms. The van der Waals surface area contributed by atoms with E-state index in [1.807, 2.05) is 0 Å². The number of aliphatic hydroxyl groups is 1. The van der Waals surface area contributed by atoms with Crippen molar-refractivity contribution in [2.75, 3.05) is 27.1 Å². The van der Waals surface area contributed by atoms with Crippen molar-refractivity contribution in [3.05, 3.63) is 0 Å². The van der Waals surface area contributed by atoms with Gasteiger partial charge < -0.3 is 23.4 Å². The highest BCUT2D eigenvalue weighted by atomic mass is 28.4. The van der Waals surface area contributed by atoms with E-state index in [1.165, 1.54) is 0 Å². The van der Waals surface area contributed by atoms with Gasteiger partial charge in [0.25, 0.3) is 0 Å². The largest absolute Gasteiger partial charge is 0.417 e. The highest BCUT2D eigenvalue weighted by molar-refractivity contribution is 6.74. The Labute approximate surface area is 189 Å². The zero-order valence-electron chi connectivity index (χ0n) is 22.1. The van der Waals surface area contributed by atoms with Crippen molar-refractivity contribution >= 4 is 16.6 Å². The first-order valence-electron chi connectivity index (χ1n) is 11.5. The molecule has 0 aliphatic heterocycles. The summed E-state index contributed by atoms with van der Waals surface area (Å²) in [6.45, 7) is 26.2. The van der Waals surface area contributed by atoms with Gasteiger partial charge in [0.15, 0.2) is 16.6 Å². The van der Waals surface area contributed by atoms with Crippen LogP contribution in [0.3, 0.4) is 0 Å². The van der Waals surface area contributed by atoms with E-state index in [9.17, 15) is 5.11 Å². The van der Waals surface area contributed by atoms with Crippen LogP contribution in [0.5, 0.6) is 0 Å². The maximum atomic E-state index is 11.2. The van der Waals surface area contributed by atoms with Gasteiger partial charge in [-0.05, 0) is 68.9 Å². The maximum Gasteiger partial charge on any atom is 0.192 e. The van der Waals surface area contributed by atoms with Gasteiger partial charge in [0, 0.05) is 20.3 Å². The lowest BCUT2D eigenvalue weighted by molar-refractivity contribution is -0.0732. The first-order valence-corrected chi connectivity index (χ1v) is 17.3. The van der Waals surface area contributed by atoms with Gasteiger partial charge in [0.05, 0.1) is 11.7 Å². The van der Waals surface area contributed by atoms with Crippen LogP contribution in [-0.4, -0.2) is 60.6 Å². The molecule has 182 valence electrons. The third kappa shape index (κ3) is 9.80. The van der Waals surface area contributed by atoms with Gasteiger partial charge in [-0.15, -0.1) is 0 Å². The van der Waals surface area contributed by atoms with Crippen LogP contribution >= 0.6 is 0 Å². The minimum absolute atomic E-state index is 0.0893. The first kappa shape index (κ1) is 30.2. The molecule has 0 fully saturated rings. The van der Waals surface area contributed by atoms with E-state index in [1.54, 1.807) is 7.11 Å². The van der Waals surface area contributed by atoms with Gasteiger partial charge in [-0.3, -0.25) is 0 Å². The summed E-state index contributed by atoms with van der Waals surface area (Å²) in [5.74, 6) is 0. The molecule has 0 aliphatic carbocycles. The highest BCUT2D eigenvalue weighted by Crippen LogP contribution is 2.42. The SMILES string of the molecule is COCOCCC[C@](C)(O[Si](C)(C)C(C)(C)C)[C@H](O)CCCO[Si](C)(C)C(C)(C)C. The van der Waals surface area contributed by atoms with Crippen molar-refractivity contribution in [3.63, 3.8) is 0 Å². The summed E-state index contributed by atoms with van der Waals surface area (Å²) >= 11 is 0. The Morgan fingerprint density at radius 3 is 1.80 bits per heavy atom. The Hall–Kier alpha value is 0.234. The Morgan fingerprint density at radius 2 is 1.33 bits per heavy atom. The fourth-order valence-electron chi connectivity index (χ4n) is 2.81. The minimum Gasteiger partial charge on any atom is -0.417 e. The van der Waals surface area contributed by atoms with E-state index < -0.39 is 28.3 Å². The summed E-state index contributed by atoms with van der Waals surface area (Å²) < 4.78 is 23.5. The lowest BCUT2D eigenvalue weighted by Crippen LogP contribution is -2.53. The number of methoxy groups -OCH3 is 1. The molecule has 0 radical (unpaired) electrons. The third-order valence-electron chi connectivity index (χ3n) is 7.05. The summed E-state index contributed by atoms with van der Waals surface area (Å²) in [5.41, 5.74) is -0.587. The fraction of sp³-hybridized carbons (Fsp3) is 1.00. The molecule has 0 rings (SSSR count). The molecule has 5 nitrogen and oxygen atoms in total. The molecule has 0 aromatic heterocycles. The molecule has 30 heavy (non-hydrogen) atoms. The van der Waals surface area contributed by atoms with E-state index in [0.717, 1.165) is 19.3 Å². The average Bonchev–Trinajstić information content (AvgIpc) is 2.55. The summed E-state index contributed by atoms with van der Waals surface area (Å²) in [6.07, 6.45) is 2.57. The molecule has 0 aliphatic rings. The van der Waals surface area contributed by atoms with Crippen LogP contribution in [0.25, 0.3) is 0 Å². The van der Waals surface area contributed by atoms with Crippen LogP contribution in [0, 0.1) is 0 Å². The van der Waals surface area contributed by atoms with Crippen LogP contribution in [0.15, 0.2) is 0 Å². The second-order valence-electron chi connectivity index (χ2n) is 11.9. The Morgan fingerprint density at radius 1 is 0.800 bits per heavy atom. The van der Waals surface area contributed by atoms with Crippen LogP contribution in [0.1, 0.15) is 74.1 Å². The minimum atomic E-state index is -2.03. The van der Waals surface area contributed by atoms with E-state index in [-0.39, 0.29) is 10.1 Å². The molecule has 2 atom stereocenters. The van der Waals surface area contributed by atoms with Gasteiger partial charge in [0.2, 0.25) is 0 Å². The van der Waals surface area contributed by atoms with Gasteiger partial charge in [-0.1, -0.05) is 41.5 Å². The number of ether oxygens (including phenoxy) is 2. The maximum absolute atomic E-state index is 11.2. The van der Waals surface area contributed by atoms with E-state index in [2.05, 4.69) is 74.7 Å². The van der Waals surface area contributed by atoms with Crippen LogP contribution in [0.2, 0.25) is 36.3 Å². The molecule has 0 saturated heterocycles. The topological polar surface area (TPSA) is 57.2 Å². The predicted molar refractivity (Wildman–Crippen MR) is 132 cm³/mol. The van der Waals surface area contributed by atoms with Crippen molar-refractivity contribution in [3.8, 4) is 0 Å². The van der Waals surface area contributed by atoms with E-state index in [0.29, 0.717) is 26.4 Å². The van der Waals surface area contributed by atoms with Crippen LogP contribution in [-0.2, 0) is 18.3 Å². The highest BCUT2D eigenvalue weighted by Gasteiger charge is 2.45.